The highest BCUT2D eigenvalue weighted by Gasteiger charge is 2.10. The predicted octanol–water partition coefficient (Wildman–Crippen LogP) is 4.77. The van der Waals surface area contributed by atoms with E-state index in [2.05, 4.69) is 22.0 Å². The maximum absolute atomic E-state index is 4.74. The summed E-state index contributed by atoms with van der Waals surface area (Å²) in [6, 6.07) is 19.7. The third kappa shape index (κ3) is 2.95. The number of hydrogen-bond donors (Lipinski definition) is 1. The molecule has 5 heteroatoms. The Kier molecular flexibility index (Phi) is 3.88. The maximum Gasteiger partial charge on any atom is 0.162 e. The van der Waals surface area contributed by atoms with E-state index in [1.165, 1.54) is 0 Å². The molecule has 2 aromatic heterocycles. The van der Waals surface area contributed by atoms with E-state index in [-0.39, 0.29) is 0 Å². The molecule has 4 rings (SSSR count). The van der Waals surface area contributed by atoms with E-state index in [9.17, 15) is 0 Å². The van der Waals surface area contributed by atoms with Gasteiger partial charge in [-0.05, 0) is 24.9 Å². The number of nitrogens with one attached hydrogen (secondary N) is 1. The lowest BCUT2D eigenvalue weighted by Crippen LogP contribution is -1.99. The van der Waals surface area contributed by atoms with Crippen molar-refractivity contribution < 1.29 is 0 Å². The first kappa shape index (κ1) is 15.0. The number of fused-ring (bicyclic) bond motifs is 1. The molecule has 0 bridgehead atoms. The van der Waals surface area contributed by atoms with Gasteiger partial charge in [0.25, 0.3) is 0 Å². The molecule has 0 amide bonds. The third-order valence-corrected chi connectivity index (χ3v) is 3.86. The minimum Gasteiger partial charge on any atom is -0.338 e. The predicted molar refractivity (Wildman–Crippen MR) is 102 cm³/mol. The van der Waals surface area contributed by atoms with Crippen LogP contribution in [0.5, 0.6) is 0 Å². The van der Waals surface area contributed by atoms with E-state index in [0.29, 0.717) is 11.5 Å². The number of nitrogens with zero attached hydrogens (tertiary/aromatic N) is 4. The Morgan fingerprint density at radius 1 is 0.880 bits per heavy atom. The zero-order chi connectivity index (χ0) is 17.1. The molecular weight excluding hydrogens is 310 g/mol. The van der Waals surface area contributed by atoms with Gasteiger partial charge in [0.1, 0.15) is 11.5 Å². The van der Waals surface area contributed by atoms with Gasteiger partial charge >= 0.3 is 0 Å². The zero-order valence-electron chi connectivity index (χ0n) is 13.4. The molecular formula is C20H15N5. The third-order valence-electron chi connectivity index (χ3n) is 3.86. The second-order valence-corrected chi connectivity index (χ2v) is 5.45. The van der Waals surface area contributed by atoms with Gasteiger partial charge in [-0.2, -0.15) is 0 Å². The molecule has 120 valence electrons. The standard InChI is InChI=1S/C20H15N5/c1-21-18-13-22-12-11-17(18)24-20-15-9-5-6-10-16(15)23-19(25-20)14-7-3-2-4-8-14/h2-13H,1H2,(H,22,23,24,25). The summed E-state index contributed by atoms with van der Waals surface area (Å²) in [5.74, 6) is 1.39. The number of hydrogen-bond acceptors (Lipinski definition) is 5. The Labute approximate surface area is 145 Å². The maximum atomic E-state index is 4.74. The SMILES string of the molecule is C=Nc1cnccc1Nc1nc(-c2ccccc2)nc2ccccc12. The van der Waals surface area contributed by atoms with E-state index in [0.717, 1.165) is 28.0 Å². The van der Waals surface area contributed by atoms with Crippen LogP contribution in [0.3, 0.4) is 0 Å². The Morgan fingerprint density at radius 2 is 1.68 bits per heavy atom. The van der Waals surface area contributed by atoms with Crippen molar-refractivity contribution in [1.82, 2.24) is 15.0 Å². The van der Waals surface area contributed by atoms with Crippen molar-refractivity contribution in [3.05, 3.63) is 73.1 Å². The highest BCUT2D eigenvalue weighted by atomic mass is 15.0. The topological polar surface area (TPSA) is 63.1 Å². The largest absolute Gasteiger partial charge is 0.338 e. The van der Waals surface area contributed by atoms with E-state index in [4.69, 9.17) is 9.97 Å². The van der Waals surface area contributed by atoms with Crippen molar-refractivity contribution in [1.29, 1.82) is 0 Å². The second-order valence-electron chi connectivity index (χ2n) is 5.45. The average Bonchev–Trinajstić information content (AvgIpc) is 2.69. The monoisotopic (exact) mass is 325 g/mol. The fraction of sp³-hybridized carbons (Fsp3) is 0. The van der Waals surface area contributed by atoms with Gasteiger partial charge in [0, 0.05) is 17.1 Å². The minimum absolute atomic E-state index is 0.670. The van der Waals surface area contributed by atoms with Crippen LogP contribution in [0.2, 0.25) is 0 Å². The minimum atomic E-state index is 0.670. The molecule has 0 atom stereocenters. The molecule has 0 aliphatic rings. The second kappa shape index (κ2) is 6.49. The van der Waals surface area contributed by atoms with Crippen LogP contribution >= 0.6 is 0 Å². The molecule has 4 aromatic rings. The van der Waals surface area contributed by atoms with Crippen LogP contribution in [0.25, 0.3) is 22.3 Å². The first-order valence-electron chi connectivity index (χ1n) is 7.85. The molecule has 5 nitrogen and oxygen atoms in total. The number of pyridine rings is 1. The van der Waals surface area contributed by atoms with Gasteiger partial charge < -0.3 is 5.32 Å². The molecule has 0 fully saturated rings. The molecule has 0 spiro atoms. The molecule has 0 radical (unpaired) electrons. The zero-order valence-corrected chi connectivity index (χ0v) is 13.4. The van der Waals surface area contributed by atoms with Crippen molar-refractivity contribution in [2.24, 2.45) is 4.99 Å². The lowest BCUT2D eigenvalue weighted by atomic mass is 10.2. The molecule has 1 N–H and O–H groups in total. The summed E-state index contributed by atoms with van der Waals surface area (Å²) in [7, 11) is 0. The Morgan fingerprint density at radius 3 is 2.52 bits per heavy atom. The summed E-state index contributed by atoms with van der Waals surface area (Å²) in [5, 5.41) is 4.29. The van der Waals surface area contributed by atoms with E-state index < -0.39 is 0 Å². The van der Waals surface area contributed by atoms with Crippen LogP contribution in [0, 0.1) is 0 Å². The van der Waals surface area contributed by atoms with E-state index >= 15 is 0 Å². The summed E-state index contributed by atoms with van der Waals surface area (Å²) >= 11 is 0. The van der Waals surface area contributed by atoms with Crippen molar-refractivity contribution in [3.8, 4) is 11.4 Å². The van der Waals surface area contributed by atoms with Crippen molar-refractivity contribution in [3.63, 3.8) is 0 Å². The molecule has 2 aromatic carbocycles. The Hall–Kier alpha value is -3.60. The number of aromatic nitrogens is 3. The summed E-state index contributed by atoms with van der Waals surface area (Å²) in [6.45, 7) is 3.60. The molecule has 0 saturated carbocycles. The van der Waals surface area contributed by atoms with Gasteiger partial charge in [-0.3, -0.25) is 9.98 Å². The van der Waals surface area contributed by atoms with Crippen molar-refractivity contribution in [2.45, 2.75) is 0 Å². The van der Waals surface area contributed by atoms with Crippen LogP contribution < -0.4 is 5.32 Å². The van der Waals surface area contributed by atoms with Gasteiger partial charge in [-0.1, -0.05) is 42.5 Å². The van der Waals surface area contributed by atoms with Gasteiger partial charge in [-0.25, -0.2) is 9.97 Å². The van der Waals surface area contributed by atoms with Crippen molar-refractivity contribution in [2.75, 3.05) is 5.32 Å². The van der Waals surface area contributed by atoms with Crippen LogP contribution in [-0.2, 0) is 0 Å². The average molecular weight is 325 g/mol. The molecule has 0 saturated heterocycles. The highest BCUT2D eigenvalue weighted by molar-refractivity contribution is 5.93. The normalized spacial score (nSPS) is 10.6. The van der Waals surface area contributed by atoms with Gasteiger partial charge in [0.15, 0.2) is 5.82 Å². The summed E-state index contributed by atoms with van der Waals surface area (Å²) in [4.78, 5) is 17.5. The van der Waals surface area contributed by atoms with E-state index in [1.807, 2.05) is 60.7 Å². The first-order chi connectivity index (χ1) is 12.3. The quantitative estimate of drug-likeness (QED) is 0.549. The fourth-order valence-corrected chi connectivity index (χ4v) is 2.63. The van der Waals surface area contributed by atoms with Crippen LogP contribution in [-0.4, -0.2) is 21.7 Å². The van der Waals surface area contributed by atoms with E-state index in [1.54, 1.807) is 12.4 Å². The van der Waals surface area contributed by atoms with Crippen molar-refractivity contribution >= 4 is 34.8 Å². The smallest absolute Gasteiger partial charge is 0.162 e. The van der Waals surface area contributed by atoms with Gasteiger partial charge in [0.05, 0.1) is 17.4 Å². The van der Waals surface area contributed by atoms with Crippen LogP contribution in [0.1, 0.15) is 0 Å². The summed E-state index contributed by atoms with van der Waals surface area (Å²) < 4.78 is 0. The molecule has 2 heterocycles. The van der Waals surface area contributed by atoms with Gasteiger partial charge in [0.2, 0.25) is 0 Å². The summed E-state index contributed by atoms with van der Waals surface area (Å²) in [5.41, 5.74) is 3.31. The molecule has 0 aliphatic heterocycles. The fourth-order valence-electron chi connectivity index (χ4n) is 2.63. The van der Waals surface area contributed by atoms with Crippen LogP contribution in [0.15, 0.2) is 78.0 Å². The number of aliphatic imine (C=N–C) groups is 1. The Balaban J connectivity index is 1.88. The number of benzene rings is 2. The number of rotatable bonds is 4. The molecule has 25 heavy (non-hydrogen) atoms. The Bertz CT molecular complexity index is 1040. The van der Waals surface area contributed by atoms with Gasteiger partial charge in [-0.15, -0.1) is 0 Å². The lowest BCUT2D eigenvalue weighted by Gasteiger charge is -2.12. The summed E-state index contributed by atoms with van der Waals surface area (Å²) in [6.07, 6.45) is 3.37. The number of anilines is 2. The first-order valence-corrected chi connectivity index (χ1v) is 7.85. The number of para-hydroxylation sites is 1. The molecule has 0 aliphatic carbocycles. The molecule has 0 unspecified atom stereocenters. The van der Waals surface area contributed by atoms with Crippen LogP contribution in [0.4, 0.5) is 17.2 Å². The lowest BCUT2D eigenvalue weighted by molar-refractivity contribution is 1.22. The highest BCUT2D eigenvalue weighted by Crippen LogP contribution is 2.30.